The van der Waals surface area contributed by atoms with Crippen LogP contribution in [0.4, 0.5) is 5.69 Å². The van der Waals surface area contributed by atoms with Crippen LogP contribution in [-0.4, -0.2) is 13.6 Å². The van der Waals surface area contributed by atoms with E-state index in [4.69, 9.17) is 5.73 Å². The molecule has 0 atom stereocenters. The van der Waals surface area contributed by atoms with Crippen molar-refractivity contribution >= 4 is 21.6 Å². The average molecular weight is 319 g/mol. The maximum absolute atomic E-state index is 5.60. The Morgan fingerprint density at radius 3 is 2.47 bits per heavy atom. The Labute approximate surface area is 123 Å². The van der Waals surface area contributed by atoms with Crippen molar-refractivity contribution in [2.24, 2.45) is 5.73 Å². The fraction of sp³-hybridized carbons (Fsp3) is 0.250. The van der Waals surface area contributed by atoms with Gasteiger partial charge >= 0.3 is 0 Å². The van der Waals surface area contributed by atoms with E-state index in [1.165, 1.54) is 16.8 Å². The summed E-state index contributed by atoms with van der Waals surface area (Å²) in [5.41, 5.74) is 9.38. The molecule has 0 aliphatic heterocycles. The topological polar surface area (TPSA) is 29.3 Å². The van der Waals surface area contributed by atoms with Gasteiger partial charge in [-0.2, -0.15) is 0 Å². The van der Waals surface area contributed by atoms with E-state index in [0.29, 0.717) is 6.54 Å². The third-order valence-electron chi connectivity index (χ3n) is 3.15. The first-order valence-electron chi connectivity index (χ1n) is 6.44. The Morgan fingerprint density at radius 2 is 1.84 bits per heavy atom. The number of rotatable bonds is 5. The van der Waals surface area contributed by atoms with E-state index in [1.807, 2.05) is 6.07 Å². The second-order valence-electron chi connectivity index (χ2n) is 4.66. The third-order valence-corrected chi connectivity index (χ3v) is 3.89. The lowest BCUT2D eigenvalue weighted by molar-refractivity contribution is 0.917. The van der Waals surface area contributed by atoms with Crippen molar-refractivity contribution in [3.8, 4) is 0 Å². The van der Waals surface area contributed by atoms with Gasteiger partial charge in [-0.1, -0.05) is 52.3 Å². The van der Waals surface area contributed by atoms with Crippen molar-refractivity contribution in [2.75, 3.05) is 18.5 Å². The van der Waals surface area contributed by atoms with Gasteiger partial charge in [0.05, 0.1) is 0 Å². The first-order valence-corrected chi connectivity index (χ1v) is 7.23. The molecule has 3 heteroatoms. The van der Waals surface area contributed by atoms with Crippen LogP contribution in [0.15, 0.2) is 53.0 Å². The lowest BCUT2D eigenvalue weighted by Gasteiger charge is -2.20. The minimum atomic E-state index is 0.678. The van der Waals surface area contributed by atoms with E-state index < -0.39 is 0 Å². The summed E-state index contributed by atoms with van der Waals surface area (Å²) < 4.78 is 1.13. The zero-order valence-corrected chi connectivity index (χ0v) is 12.7. The summed E-state index contributed by atoms with van der Waals surface area (Å²) in [5, 5.41) is 0. The smallest absolute Gasteiger partial charge is 0.0426 e. The van der Waals surface area contributed by atoms with Gasteiger partial charge in [-0.25, -0.2) is 0 Å². The van der Waals surface area contributed by atoms with Crippen LogP contribution in [0.1, 0.15) is 11.1 Å². The minimum Gasteiger partial charge on any atom is -0.370 e. The minimum absolute atomic E-state index is 0.678. The second-order valence-corrected chi connectivity index (χ2v) is 5.51. The fourth-order valence-corrected chi connectivity index (χ4v) is 2.65. The summed E-state index contributed by atoms with van der Waals surface area (Å²) in [6.45, 7) is 1.58. The number of hydrogen-bond donors (Lipinski definition) is 1. The molecule has 2 aromatic rings. The summed E-state index contributed by atoms with van der Waals surface area (Å²) in [4.78, 5) is 2.24. The second kappa shape index (κ2) is 6.73. The van der Waals surface area contributed by atoms with Crippen molar-refractivity contribution < 1.29 is 0 Å². The number of nitrogens with two attached hydrogens (primary N) is 1. The van der Waals surface area contributed by atoms with Crippen molar-refractivity contribution in [1.29, 1.82) is 0 Å². The van der Waals surface area contributed by atoms with Crippen LogP contribution < -0.4 is 10.6 Å². The summed E-state index contributed by atoms with van der Waals surface area (Å²) in [6.07, 6.45) is 0.906. The van der Waals surface area contributed by atoms with Gasteiger partial charge in [0.1, 0.15) is 0 Å². The van der Waals surface area contributed by atoms with Gasteiger partial charge < -0.3 is 10.6 Å². The first kappa shape index (κ1) is 14.1. The maximum atomic E-state index is 5.60. The molecule has 0 aromatic heterocycles. The Morgan fingerprint density at radius 1 is 1.11 bits per heavy atom. The Bertz CT molecular complexity index is 526. The highest BCUT2D eigenvalue weighted by Gasteiger charge is 2.05. The first-order chi connectivity index (χ1) is 9.20. The van der Waals surface area contributed by atoms with E-state index in [-0.39, 0.29) is 0 Å². The average Bonchev–Trinajstić information content (AvgIpc) is 2.42. The number of halogens is 1. The van der Waals surface area contributed by atoms with Gasteiger partial charge in [-0.3, -0.25) is 0 Å². The lowest BCUT2D eigenvalue weighted by atomic mass is 10.1. The van der Waals surface area contributed by atoms with Crippen LogP contribution in [0.25, 0.3) is 0 Å². The monoisotopic (exact) mass is 318 g/mol. The van der Waals surface area contributed by atoms with Gasteiger partial charge in [0.15, 0.2) is 0 Å². The van der Waals surface area contributed by atoms with Crippen molar-refractivity contribution in [3.05, 3.63) is 64.1 Å². The van der Waals surface area contributed by atoms with Gasteiger partial charge in [-0.05, 0) is 36.2 Å². The van der Waals surface area contributed by atoms with E-state index in [0.717, 1.165) is 17.4 Å². The van der Waals surface area contributed by atoms with Crippen LogP contribution in [-0.2, 0) is 13.0 Å². The number of anilines is 1. The molecule has 2 rings (SSSR count). The predicted molar refractivity (Wildman–Crippen MR) is 85.4 cm³/mol. The van der Waals surface area contributed by atoms with Crippen LogP contribution in [0.3, 0.4) is 0 Å². The van der Waals surface area contributed by atoms with Crippen LogP contribution in [0, 0.1) is 0 Å². The third kappa shape index (κ3) is 3.82. The molecule has 2 N–H and O–H groups in total. The highest BCUT2D eigenvalue weighted by molar-refractivity contribution is 9.10. The quantitative estimate of drug-likeness (QED) is 0.912. The largest absolute Gasteiger partial charge is 0.370 e. The van der Waals surface area contributed by atoms with E-state index >= 15 is 0 Å². The fourth-order valence-electron chi connectivity index (χ4n) is 2.08. The highest BCUT2D eigenvalue weighted by atomic mass is 79.9. The molecule has 0 bridgehead atoms. The van der Waals surface area contributed by atoms with E-state index in [1.54, 1.807) is 0 Å². The standard InChI is InChI=1S/C16H19BrN2/c1-19(12-13-5-3-2-4-6-13)15-8-7-14(9-10-18)16(17)11-15/h2-8,11H,9-10,12,18H2,1H3. The number of hydrogen-bond acceptors (Lipinski definition) is 2. The normalized spacial score (nSPS) is 10.5. The summed E-state index contributed by atoms with van der Waals surface area (Å²) >= 11 is 3.62. The Hall–Kier alpha value is -1.32. The van der Waals surface area contributed by atoms with Crippen molar-refractivity contribution in [1.82, 2.24) is 0 Å². The zero-order valence-electron chi connectivity index (χ0n) is 11.1. The molecule has 0 aliphatic rings. The number of benzene rings is 2. The molecular weight excluding hydrogens is 300 g/mol. The molecule has 100 valence electrons. The van der Waals surface area contributed by atoms with Crippen molar-refractivity contribution in [2.45, 2.75) is 13.0 Å². The van der Waals surface area contributed by atoms with Crippen molar-refractivity contribution in [3.63, 3.8) is 0 Å². The molecule has 0 spiro atoms. The molecule has 0 aliphatic carbocycles. The molecule has 0 saturated heterocycles. The lowest BCUT2D eigenvalue weighted by Crippen LogP contribution is -2.16. The SMILES string of the molecule is CN(Cc1ccccc1)c1ccc(CCN)c(Br)c1. The number of nitrogens with zero attached hydrogens (tertiary/aromatic N) is 1. The predicted octanol–water partition coefficient (Wildman–Crippen LogP) is 3.59. The van der Waals surface area contributed by atoms with Crippen LogP contribution >= 0.6 is 15.9 Å². The molecule has 0 heterocycles. The Balaban J connectivity index is 2.11. The van der Waals surface area contributed by atoms with Gasteiger partial charge in [0.2, 0.25) is 0 Å². The van der Waals surface area contributed by atoms with E-state index in [9.17, 15) is 0 Å². The molecule has 0 fully saturated rings. The molecule has 0 unspecified atom stereocenters. The molecule has 2 aromatic carbocycles. The van der Waals surface area contributed by atoms with Gasteiger partial charge in [-0.15, -0.1) is 0 Å². The highest BCUT2D eigenvalue weighted by Crippen LogP contribution is 2.24. The Kier molecular flexibility index (Phi) is 5.00. The van der Waals surface area contributed by atoms with Crippen LogP contribution in [0.2, 0.25) is 0 Å². The van der Waals surface area contributed by atoms with Crippen LogP contribution in [0.5, 0.6) is 0 Å². The molecule has 0 amide bonds. The van der Waals surface area contributed by atoms with Gasteiger partial charge in [0, 0.05) is 23.8 Å². The molecule has 19 heavy (non-hydrogen) atoms. The molecular formula is C16H19BrN2. The summed E-state index contributed by atoms with van der Waals surface area (Å²) in [7, 11) is 2.11. The molecule has 2 nitrogen and oxygen atoms in total. The van der Waals surface area contributed by atoms with Gasteiger partial charge in [0.25, 0.3) is 0 Å². The molecule has 0 saturated carbocycles. The van der Waals surface area contributed by atoms with E-state index in [2.05, 4.69) is 70.3 Å². The summed E-state index contributed by atoms with van der Waals surface area (Å²) in [5.74, 6) is 0. The summed E-state index contributed by atoms with van der Waals surface area (Å²) in [6, 6.07) is 16.9. The molecule has 0 radical (unpaired) electrons. The maximum Gasteiger partial charge on any atom is 0.0426 e. The zero-order chi connectivity index (χ0) is 13.7.